The van der Waals surface area contributed by atoms with E-state index in [1.165, 1.54) is 19.3 Å². The molecule has 3 heteroatoms. The summed E-state index contributed by atoms with van der Waals surface area (Å²) in [5.74, 6) is 0. The SMILES string of the molecule is CCCCNCCO[C@@H]1CCC[C@@H]1Cl. The van der Waals surface area contributed by atoms with Crippen molar-refractivity contribution in [2.45, 2.75) is 50.5 Å². The zero-order chi connectivity index (χ0) is 10.2. The minimum absolute atomic E-state index is 0.255. The minimum Gasteiger partial charge on any atom is -0.375 e. The summed E-state index contributed by atoms with van der Waals surface area (Å²) in [4.78, 5) is 0. The van der Waals surface area contributed by atoms with E-state index in [2.05, 4.69) is 12.2 Å². The molecule has 0 bridgehead atoms. The third-order valence-corrected chi connectivity index (χ3v) is 3.19. The van der Waals surface area contributed by atoms with Gasteiger partial charge >= 0.3 is 0 Å². The van der Waals surface area contributed by atoms with Crippen LogP contribution in [0.5, 0.6) is 0 Å². The van der Waals surface area contributed by atoms with Crippen molar-refractivity contribution in [2.24, 2.45) is 0 Å². The van der Waals surface area contributed by atoms with Crippen LogP contribution >= 0.6 is 11.6 Å². The molecule has 1 N–H and O–H groups in total. The van der Waals surface area contributed by atoms with Gasteiger partial charge in [0.15, 0.2) is 0 Å². The first-order valence-corrected chi connectivity index (χ1v) is 6.24. The fraction of sp³-hybridized carbons (Fsp3) is 1.00. The van der Waals surface area contributed by atoms with E-state index in [0.717, 1.165) is 32.5 Å². The van der Waals surface area contributed by atoms with Crippen molar-refractivity contribution < 1.29 is 4.74 Å². The average Bonchev–Trinajstić information content (AvgIpc) is 2.58. The van der Waals surface area contributed by atoms with Crippen LogP contribution in [0.2, 0.25) is 0 Å². The lowest BCUT2D eigenvalue weighted by Crippen LogP contribution is -2.26. The van der Waals surface area contributed by atoms with Gasteiger partial charge in [-0.15, -0.1) is 11.6 Å². The Hall–Kier alpha value is 0.210. The molecule has 14 heavy (non-hydrogen) atoms. The maximum Gasteiger partial charge on any atom is 0.0739 e. The highest BCUT2D eigenvalue weighted by atomic mass is 35.5. The van der Waals surface area contributed by atoms with Crippen molar-refractivity contribution in [3.05, 3.63) is 0 Å². The van der Waals surface area contributed by atoms with Gasteiger partial charge in [0.2, 0.25) is 0 Å². The largest absolute Gasteiger partial charge is 0.375 e. The van der Waals surface area contributed by atoms with Crippen LogP contribution in [-0.2, 0) is 4.74 Å². The van der Waals surface area contributed by atoms with E-state index >= 15 is 0 Å². The first-order valence-electron chi connectivity index (χ1n) is 5.81. The minimum atomic E-state index is 0.255. The van der Waals surface area contributed by atoms with Crippen molar-refractivity contribution in [3.8, 4) is 0 Å². The van der Waals surface area contributed by atoms with Crippen LogP contribution in [0.1, 0.15) is 39.0 Å². The third kappa shape index (κ3) is 4.63. The van der Waals surface area contributed by atoms with E-state index in [1.807, 2.05) is 0 Å². The van der Waals surface area contributed by atoms with Crippen molar-refractivity contribution in [2.75, 3.05) is 19.7 Å². The van der Waals surface area contributed by atoms with Gasteiger partial charge < -0.3 is 10.1 Å². The standard InChI is InChI=1S/C11H22ClNO/c1-2-3-7-13-8-9-14-11-6-4-5-10(11)12/h10-11,13H,2-9H2,1H3/t10-,11+/m0/s1. The molecule has 2 nitrogen and oxygen atoms in total. The van der Waals surface area contributed by atoms with Gasteiger partial charge in [0, 0.05) is 6.54 Å². The number of alkyl halides is 1. The number of nitrogens with one attached hydrogen (secondary N) is 1. The van der Waals surface area contributed by atoms with Gasteiger partial charge in [-0.2, -0.15) is 0 Å². The molecule has 0 aromatic rings. The molecule has 1 rings (SSSR count). The van der Waals surface area contributed by atoms with Crippen molar-refractivity contribution in [3.63, 3.8) is 0 Å². The molecule has 0 aliphatic heterocycles. The molecule has 1 saturated carbocycles. The van der Waals surface area contributed by atoms with Crippen molar-refractivity contribution in [1.29, 1.82) is 0 Å². The summed E-state index contributed by atoms with van der Waals surface area (Å²) in [6, 6.07) is 0. The quantitative estimate of drug-likeness (QED) is 0.525. The predicted octanol–water partition coefficient (Wildman–Crippen LogP) is 2.55. The van der Waals surface area contributed by atoms with E-state index in [-0.39, 0.29) is 5.38 Å². The highest BCUT2D eigenvalue weighted by molar-refractivity contribution is 6.21. The van der Waals surface area contributed by atoms with Gasteiger partial charge in [0.25, 0.3) is 0 Å². The van der Waals surface area contributed by atoms with Crippen LogP contribution in [0.15, 0.2) is 0 Å². The molecular formula is C11H22ClNO. The fourth-order valence-corrected chi connectivity index (χ4v) is 2.13. The highest BCUT2D eigenvalue weighted by Crippen LogP contribution is 2.26. The number of ether oxygens (including phenoxy) is 1. The number of rotatable bonds is 7. The van der Waals surface area contributed by atoms with Crippen molar-refractivity contribution in [1.82, 2.24) is 5.32 Å². The van der Waals surface area contributed by atoms with Gasteiger partial charge in [-0.3, -0.25) is 0 Å². The Morgan fingerprint density at radius 2 is 2.21 bits per heavy atom. The molecule has 0 aromatic carbocycles. The summed E-state index contributed by atoms with van der Waals surface area (Å²) in [6.45, 7) is 5.07. The molecule has 0 saturated heterocycles. The lowest BCUT2D eigenvalue weighted by Gasteiger charge is -2.14. The molecular weight excluding hydrogens is 198 g/mol. The van der Waals surface area contributed by atoms with Crippen LogP contribution in [0, 0.1) is 0 Å². The molecule has 1 aliphatic carbocycles. The van der Waals surface area contributed by atoms with E-state index in [4.69, 9.17) is 16.3 Å². The zero-order valence-corrected chi connectivity index (χ0v) is 9.85. The third-order valence-electron chi connectivity index (χ3n) is 2.69. The molecule has 1 fully saturated rings. The molecule has 0 heterocycles. The number of unbranched alkanes of at least 4 members (excludes halogenated alkanes) is 1. The molecule has 2 atom stereocenters. The van der Waals surface area contributed by atoms with Gasteiger partial charge in [0.1, 0.15) is 0 Å². The second kappa shape index (κ2) is 7.49. The molecule has 0 aromatic heterocycles. The van der Waals surface area contributed by atoms with E-state index in [1.54, 1.807) is 0 Å². The van der Waals surface area contributed by atoms with Crippen LogP contribution in [-0.4, -0.2) is 31.2 Å². The molecule has 1 aliphatic rings. The lowest BCUT2D eigenvalue weighted by molar-refractivity contribution is 0.0626. The predicted molar refractivity (Wildman–Crippen MR) is 61.0 cm³/mol. The van der Waals surface area contributed by atoms with Gasteiger partial charge in [-0.25, -0.2) is 0 Å². The maximum atomic E-state index is 6.10. The zero-order valence-electron chi connectivity index (χ0n) is 9.10. The highest BCUT2D eigenvalue weighted by Gasteiger charge is 2.25. The normalized spacial score (nSPS) is 27.0. The van der Waals surface area contributed by atoms with Crippen LogP contribution in [0.3, 0.4) is 0 Å². The smallest absolute Gasteiger partial charge is 0.0739 e. The number of hydrogen-bond donors (Lipinski definition) is 1. The second-order valence-electron chi connectivity index (χ2n) is 3.96. The molecule has 0 unspecified atom stereocenters. The summed E-state index contributed by atoms with van der Waals surface area (Å²) in [7, 11) is 0. The Bertz CT molecular complexity index is 143. The molecule has 0 spiro atoms. The summed E-state index contributed by atoms with van der Waals surface area (Å²) in [6.07, 6.45) is 6.30. The average molecular weight is 220 g/mol. The Morgan fingerprint density at radius 1 is 1.36 bits per heavy atom. The van der Waals surface area contributed by atoms with E-state index < -0.39 is 0 Å². The second-order valence-corrected chi connectivity index (χ2v) is 4.52. The summed E-state index contributed by atoms with van der Waals surface area (Å²) < 4.78 is 5.70. The van der Waals surface area contributed by atoms with Crippen molar-refractivity contribution >= 4 is 11.6 Å². The number of hydrogen-bond acceptors (Lipinski definition) is 2. The number of halogens is 1. The monoisotopic (exact) mass is 219 g/mol. The first kappa shape index (κ1) is 12.3. The summed E-state index contributed by atoms with van der Waals surface area (Å²) in [5.41, 5.74) is 0. The Kier molecular flexibility index (Phi) is 6.57. The summed E-state index contributed by atoms with van der Waals surface area (Å²) >= 11 is 6.10. The van der Waals surface area contributed by atoms with Gasteiger partial charge in [-0.05, 0) is 32.2 Å². The van der Waals surface area contributed by atoms with Gasteiger partial charge in [-0.1, -0.05) is 13.3 Å². The Morgan fingerprint density at radius 3 is 2.86 bits per heavy atom. The maximum absolute atomic E-state index is 6.10. The molecule has 84 valence electrons. The van der Waals surface area contributed by atoms with Crippen LogP contribution in [0.4, 0.5) is 0 Å². The Labute approximate surface area is 92.3 Å². The van der Waals surface area contributed by atoms with E-state index in [0.29, 0.717) is 6.10 Å². The lowest BCUT2D eigenvalue weighted by atomic mass is 10.3. The fourth-order valence-electron chi connectivity index (χ4n) is 1.78. The van der Waals surface area contributed by atoms with Crippen LogP contribution < -0.4 is 5.32 Å². The Balaban J connectivity index is 1.88. The topological polar surface area (TPSA) is 21.3 Å². The first-order chi connectivity index (χ1) is 6.84. The van der Waals surface area contributed by atoms with E-state index in [9.17, 15) is 0 Å². The van der Waals surface area contributed by atoms with Crippen LogP contribution in [0.25, 0.3) is 0 Å². The summed E-state index contributed by atoms with van der Waals surface area (Å²) in [5, 5.41) is 3.61. The van der Waals surface area contributed by atoms with Gasteiger partial charge in [0.05, 0.1) is 18.1 Å². The molecule has 0 radical (unpaired) electrons. The molecule has 0 amide bonds.